The molecule has 0 fully saturated rings. The van der Waals surface area contributed by atoms with Gasteiger partial charge in [-0.25, -0.2) is 4.57 Å². The second kappa shape index (κ2) is 48.9. The summed E-state index contributed by atoms with van der Waals surface area (Å²) in [6, 6.07) is 0. The number of hydrogen-bond acceptors (Lipinski definition) is 8. The van der Waals surface area contributed by atoms with Gasteiger partial charge in [0.1, 0.15) is 6.61 Å². The van der Waals surface area contributed by atoms with Gasteiger partial charge in [0.25, 0.3) is 0 Å². The molecule has 0 saturated heterocycles. The number of nitrogens with two attached hydrogens (primary N) is 1. The van der Waals surface area contributed by atoms with Crippen molar-refractivity contribution in [1.82, 2.24) is 0 Å². The number of hydrogen-bond donors (Lipinski definition) is 2. The van der Waals surface area contributed by atoms with E-state index < -0.39 is 26.5 Å². The molecular formula is C52H100NO8P. The van der Waals surface area contributed by atoms with Crippen LogP contribution in [0.3, 0.4) is 0 Å². The molecule has 62 heavy (non-hydrogen) atoms. The van der Waals surface area contributed by atoms with Crippen molar-refractivity contribution in [2.75, 3.05) is 26.4 Å². The highest BCUT2D eigenvalue weighted by Gasteiger charge is 2.26. The van der Waals surface area contributed by atoms with Crippen LogP contribution in [0, 0.1) is 0 Å². The van der Waals surface area contributed by atoms with Gasteiger partial charge in [0, 0.05) is 19.4 Å². The Kier molecular flexibility index (Phi) is 47.7. The third kappa shape index (κ3) is 48.0. The highest BCUT2D eigenvalue weighted by Crippen LogP contribution is 2.43. The Morgan fingerprint density at radius 1 is 0.484 bits per heavy atom. The highest BCUT2D eigenvalue weighted by molar-refractivity contribution is 7.47. The number of phosphoric acid groups is 1. The lowest BCUT2D eigenvalue weighted by Gasteiger charge is -2.19. The molecule has 0 aliphatic carbocycles. The zero-order valence-corrected chi connectivity index (χ0v) is 41.5. The lowest BCUT2D eigenvalue weighted by atomic mass is 10.0. The van der Waals surface area contributed by atoms with Crippen molar-refractivity contribution in [2.45, 2.75) is 270 Å². The zero-order chi connectivity index (χ0) is 45.3. The third-order valence-electron chi connectivity index (χ3n) is 11.6. The Labute approximate surface area is 382 Å². The van der Waals surface area contributed by atoms with Crippen molar-refractivity contribution in [1.29, 1.82) is 0 Å². The van der Waals surface area contributed by atoms with Gasteiger partial charge in [0.15, 0.2) is 6.10 Å². The summed E-state index contributed by atoms with van der Waals surface area (Å²) in [5.41, 5.74) is 5.37. The van der Waals surface area contributed by atoms with Gasteiger partial charge in [-0.1, -0.05) is 231 Å². The quantitative estimate of drug-likeness (QED) is 0.0265. The molecule has 0 aromatic carbocycles. The van der Waals surface area contributed by atoms with Crippen LogP contribution in [0.4, 0.5) is 0 Å². The number of phosphoric ester groups is 1. The van der Waals surface area contributed by atoms with Crippen molar-refractivity contribution in [3.63, 3.8) is 0 Å². The largest absolute Gasteiger partial charge is 0.472 e. The van der Waals surface area contributed by atoms with Crippen LogP contribution >= 0.6 is 7.82 Å². The fourth-order valence-corrected chi connectivity index (χ4v) is 8.43. The molecule has 0 aromatic rings. The van der Waals surface area contributed by atoms with Gasteiger partial charge in [-0.15, -0.1) is 0 Å². The van der Waals surface area contributed by atoms with Gasteiger partial charge in [-0.3, -0.25) is 18.6 Å². The molecule has 0 saturated carbocycles. The average molecular weight is 898 g/mol. The summed E-state index contributed by atoms with van der Waals surface area (Å²) in [4.78, 5) is 35.1. The van der Waals surface area contributed by atoms with E-state index in [2.05, 4.69) is 38.2 Å². The smallest absolute Gasteiger partial charge is 0.462 e. The molecule has 0 aromatic heterocycles. The Balaban J connectivity index is 3.97. The third-order valence-corrected chi connectivity index (χ3v) is 12.6. The van der Waals surface area contributed by atoms with E-state index in [4.69, 9.17) is 24.3 Å². The minimum absolute atomic E-state index is 0.0538. The van der Waals surface area contributed by atoms with E-state index in [0.29, 0.717) is 6.42 Å². The van der Waals surface area contributed by atoms with Crippen LogP contribution in [0.1, 0.15) is 264 Å². The molecule has 366 valence electrons. The average Bonchev–Trinajstić information content (AvgIpc) is 3.26. The minimum Gasteiger partial charge on any atom is -0.462 e. The fraction of sp³-hybridized carbons (Fsp3) is 0.885. The number of esters is 2. The Morgan fingerprint density at radius 2 is 0.839 bits per heavy atom. The summed E-state index contributed by atoms with van der Waals surface area (Å²) in [6.45, 7) is 3.75. The predicted octanol–water partition coefficient (Wildman–Crippen LogP) is 15.9. The lowest BCUT2D eigenvalue weighted by molar-refractivity contribution is -0.161. The van der Waals surface area contributed by atoms with E-state index >= 15 is 0 Å². The zero-order valence-electron chi connectivity index (χ0n) is 40.6. The number of allylic oxidation sites excluding steroid dienone is 4. The summed E-state index contributed by atoms with van der Waals surface area (Å²) in [5.74, 6) is -0.823. The molecule has 3 N–H and O–H groups in total. The maximum absolute atomic E-state index is 12.6. The molecule has 0 rings (SSSR count). The van der Waals surface area contributed by atoms with Crippen LogP contribution in [0.15, 0.2) is 24.3 Å². The van der Waals surface area contributed by atoms with Crippen LogP contribution in [0.5, 0.6) is 0 Å². The topological polar surface area (TPSA) is 134 Å². The molecule has 0 heterocycles. The summed E-state index contributed by atoms with van der Waals surface area (Å²) in [5, 5.41) is 0. The summed E-state index contributed by atoms with van der Waals surface area (Å²) >= 11 is 0. The first-order valence-electron chi connectivity index (χ1n) is 26.3. The van der Waals surface area contributed by atoms with Gasteiger partial charge in [-0.05, 0) is 44.9 Å². The molecule has 0 spiro atoms. The predicted molar refractivity (Wildman–Crippen MR) is 261 cm³/mol. The lowest BCUT2D eigenvalue weighted by Crippen LogP contribution is -2.29. The number of carbonyl (C=O) groups excluding carboxylic acids is 2. The first-order chi connectivity index (χ1) is 30.3. The van der Waals surface area contributed by atoms with E-state index in [0.717, 1.165) is 51.4 Å². The van der Waals surface area contributed by atoms with Crippen LogP contribution in [0.2, 0.25) is 0 Å². The fourth-order valence-electron chi connectivity index (χ4n) is 7.67. The number of carbonyl (C=O) groups is 2. The number of rotatable bonds is 50. The second-order valence-electron chi connectivity index (χ2n) is 17.8. The molecule has 0 aliphatic rings. The van der Waals surface area contributed by atoms with Gasteiger partial charge in [0.2, 0.25) is 0 Å². The van der Waals surface area contributed by atoms with Gasteiger partial charge in [-0.2, -0.15) is 0 Å². The molecule has 2 atom stereocenters. The van der Waals surface area contributed by atoms with Crippen LogP contribution in [-0.2, 0) is 32.7 Å². The molecular weight excluding hydrogens is 798 g/mol. The van der Waals surface area contributed by atoms with Gasteiger partial charge in [0.05, 0.1) is 13.2 Å². The van der Waals surface area contributed by atoms with Gasteiger partial charge < -0.3 is 20.1 Å². The molecule has 0 bridgehead atoms. The van der Waals surface area contributed by atoms with E-state index in [-0.39, 0.29) is 38.6 Å². The normalized spacial score (nSPS) is 13.3. The first-order valence-corrected chi connectivity index (χ1v) is 27.8. The minimum atomic E-state index is -4.38. The van der Waals surface area contributed by atoms with E-state index in [1.165, 1.54) is 180 Å². The van der Waals surface area contributed by atoms with Crippen molar-refractivity contribution < 1.29 is 37.6 Å². The van der Waals surface area contributed by atoms with Crippen LogP contribution in [-0.4, -0.2) is 49.3 Å². The first kappa shape index (κ1) is 60.5. The number of unbranched alkanes of at least 4 members (excludes halogenated alkanes) is 33. The highest BCUT2D eigenvalue weighted by atomic mass is 31.2. The van der Waals surface area contributed by atoms with Crippen molar-refractivity contribution >= 4 is 19.8 Å². The Bertz CT molecular complexity index is 1070. The van der Waals surface area contributed by atoms with E-state index in [9.17, 15) is 19.0 Å². The number of ether oxygens (including phenoxy) is 2. The standard InChI is InChI=1S/C52H100NO8P/c1-3-5-7-9-11-13-15-17-19-21-22-23-24-25-26-27-29-30-32-34-36-38-40-42-44-51(54)58-48-50(49-60-62(56,57)59-47-46-53)61-52(55)45-43-41-39-37-35-33-31-28-20-18-16-14-12-10-8-6-4-2/h12,14,18,20,50H,3-11,13,15-17,19,21-49,53H2,1-2H3,(H,56,57)/b14-12-,20-18-. The van der Waals surface area contributed by atoms with Gasteiger partial charge >= 0.3 is 19.8 Å². The van der Waals surface area contributed by atoms with E-state index in [1.54, 1.807) is 0 Å². The van der Waals surface area contributed by atoms with Crippen molar-refractivity contribution in [2.24, 2.45) is 5.73 Å². The van der Waals surface area contributed by atoms with E-state index in [1.807, 2.05) is 0 Å². The molecule has 2 unspecified atom stereocenters. The summed E-state index contributed by atoms with van der Waals surface area (Å²) in [6.07, 6.45) is 55.1. The maximum atomic E-state index is 12.6. The monoisotopic (exact) mass is 898 g/mol. The Morgan fingerprint density at radius 3 is 1.26 bits per heavy atom. The summed E-state index contributed by atoms with van der Waals surface area (Å²) < 4.78 is 32.9. The maximum Gasteiger partial charge on any atom is 0.472 e. The molecule has 0 aliphatic heterocycles. The van der Waals surface area contributed by atoms with Crippen LogP contribution in [0.25, 0.3) is 0 Å². The SMILES string of the molecule is CCCCC/C=C\C/C=C\CCCCCCCCCC(=O)OC(COC(=O)CCCCCCCCCCCCCCCCCCCCCCCCCC)COP(=O)(O)OCCN. The van der Waals surface area contributed by atoms with Crippen LogP contribution < -0.4 is 5.73 Å². The van der Waals surface area contributed by atoms with Crippen molar-refractivity contribution in [3.8, 4) is 0 Å². The molecule has 0 amide bonds. The summed E-state index contributed by atoms with van der Waals surface area (Å²) in [7, 11) is -4.38. The van der Waals surface area contributed by atoms with Crippen molar-refractivity contribution in [3.05, 3.63) is 24.3 Å². The second-order valence-corrected chi connectivity index (χ2v) is 19.2. The molecule has 9 nitrogen and oxygen atoms in total. The molecule has 10 heteroatoms. The Hall–Kier alpha value is -1.51. The molecule has 0 radical (unpaired) electrons.